The summed E-state index contributed by atoms with van der Waals surface area (Å²) < 4.78 is 0. The number of allylic oxidation sites excluding steroid dienone is 2. The fraction of sp³-hybridized carbons (Fsp3) is 0.818. The second-order valence-corrected chi connectivity index (χ2v) is 9.75. The van der Waals surface area contributed by atoms with Gasteiger partial charge in [-0.15, -0.1) is 0 Å². The van der Waals surface area contributed by atoms with Gasteiger partial charge in [0, 0.05) is 5.92 Å². The van der Waals surface area contributed by atoms with Crippen molar-refractivity contribution in [2.75, 3.05) is 0 Å². The minimum Gasteiger partial charge on any atom is -0.300 e. The number of carbonyl (C=O) groups excluding carboxylic acids is 2. The molecule has 4 aliphatic carbocycles. The predicted molar refractivity (Wildman–Crippen MR) is 95.4 cm³/mol. The molecule has 0 saturated heterocycles. The van der Waals surface area contributed by atoms with Crippen LogP contribution in [0, 0.1) is 40.4 Å². The van der Waals surface area contributed by atoms with Gasteiger partial charge in [0.2, 0.25) is 0 Å². The van der Waals surface area contributed by atoms with Gasteiger partial charge in [-0.25, -0.2) is 0 Å². The van der Waals surface area contributed by atoms with Crippen LogP contribution in [0.15, 0.2) is 11.6 Å². The van der Waals surface area contributed by atoms with Crippen LogP contribution in [-0.4, -0.2) is 12.1 Å². The maximum Gasteiger partial charge on any atom is 0.145 e. The Kier molecular flexibility index (Phi) is 3.82. The molecule has 4 aliphatic rings. The van der Waals surface area contributed by atoms with Gasteiger partial charge in [0.25, 0.3) is 0 Å². The van der Waals surface area contributed by atoms with Gasteiger partial charge in [-0.1, -0.05) is 19.9 Å². The first kappa shape index (κ1) is 16.5. The van der Waals surface area contributed by atoms with Gasteiger partial charge in [0.1, 0.15) is 12.1 Å². The Hall–Kier alpha value is -0.920. The molecule has 0 aliphatic heterocycles. The maximum absolute atomic E-state index is 12.2. The van der Waals surface area contributed by atoms with Crippen molar-refractivity contribution in [2.45, 2.75) is 72.1 Å². The number of hydrogen-bond donors (Lipinski definition) is 0. The van der Waals surface area contributed by atoms with Crippen molar-refractivity contribution in [1.82, 2.24) is 0 Å². The lowest BCUT2D eigenvalue weighted by Crippen LogP contribution is -2.53. The average molecular weight is 328 g/mol. The third kappa shape index (κ3) is 2.14. The number of hydrogen-bond acceptors (Lipinski definition) is 2. The molecule has 132 valence electrons. The maximum atomic E-state index is 12.2. The third-order valence-electron chi connectivity index (χ3n) is 8.96. The highest BCUT2D eigenvalue weighted by atomic mass is 16.1. The number of aldehydes is 1. The Bertz CT molecular complexity index is 591. The van der Waals surface area contributed by atoms with E-state index in [9.17, 15) is 9.59 Å². The van der Waals surface area contributed by atoms with Gasteiger partial charge >= 0.3 is 0 Å². The molecule has 0 N–H and O–H groups in total. The molecule has 24 heavy (non-hydrogen) atoms. The number of carbonyl (C=O) groups is 2. The van der Waals surface area contributed by atoms with Gasteiger partial charge in [-0.05, 0) is 98.4 Å². The molecule has 0 aromatic heterocycles. The average Bonchev–Trinajstić information content (AvgIpc) is 2.91. The predicted octanol–water partition coefficient (Wildman–Crippen LogP) is 4.97. The minimum absolute atomic E-state index is 0.244. The molecule has 0 amide bonds. The lowest BCUT2D eigenvalue weighted by Gasteiger charge is -2.60. The van der Waals surface area contributed by atoms with E-state index in [1.807, 2.05) is 6.92 Å². The monoisotopic (exact) mass is 328 g/mol. The zero-order valence-corrected chi connectivity index (χ0v) is 15.5. The highest BCUT2D eigenvalue weighted by Gasteiger charge is 2.60. The highest BCUT2D eigenvalue weighted by molar-refractivity contribution is 5.79. The molecule has 4 rings (SSSR count). The van der Waals surface area contributed by atoms with Gasteiger partial charge in [-0.2, -0.15) is 0 Å². The van der Waals surface area contributed by atoms with Crippen LogP contribution in [0.2, 0.25) is 0 Å². The Morgan fingerprint density at radius 3 is 2.54 bits per heavy atom. The fourth-order valence-electron chi connectivity index (χ4n) is 7.76. The molecule has 0 heterocycles. The van der Waals surface area contributed by atoms with Crippen molar-refractivity contribution in [1.29, 1.82) is 0 Å². The summed E-state index contributed by atoms with van der Waals surface area (Å²) in [7, 11) is 0. The second-order valence-electron chi connectivity index (χ2n) is 9.75. The quantitative estimate of drug-likeness (QED) is 0.671. The van der Waals surface area contributed by atoms with Crippen molar-refractivity contribution in [3.05, 3.63) is 11.6 Å². The van der Waals surface area contributed by atoms with Crippen LogP contribution < -0.4 is 0 Å². The molecule has 0 spiro atoms. The molecule has 3 fully saturated rings. The van der Waals surface area contributed by atoms with E-state index in [-0.39, 0.29) is 5.41 Å². The summed E-state index contributed by atoms with van der Waals surface area (Å²) in [6.07, 6.45) is 12.9. The molecule has 0 aromatic rings. The zero-order valence-electron chi connectivity index (χ0n) is 15.5. The van der Waals surface area contributed by atoms with Crippen LogP contribution in [0.1, 0.15) is 72.1 Å². The summed E-state index contributed by atoms with van der Waals surface area (Å²) in [6, 6.07) is 0. The van der Waals surface area contributed by atoms with Crippen molar-refractivity contribution in [3.8, 4) is 0 Å². The molecule has 2 heteroatoms. The van der Waals surface area contributed by atoms with Gasteiger partial charge in [0.05, 0.1) is 0 Å². The fourth-order valence-corrected chi connectivity index (χ4v) is 7.76. The minimum atomic E-state index is 0.244. The summed E-state index contributed by atoms with van der Waals surface area (Å²) in [6.45, 7) is 6.70. The van der Waals surface area contributed by atoms with Gasteiger partial charge in [0.15, 0.2) is 0 Å². The Labute approximate surface area is 146 Å². The van der Waals surface area contributed by atoms with E-state index in [1.165, 1.54) is 32.1 Å². The van der Waals surface area contributed by atoms with E-state index in [1.54, 1.807) is 0 Å². The van der Waals surface area contributed by atoms with Crippen LogP contribution in [0.5, 0.6) is 0 Å². The lowest BCUT2D eigenvalue weighted by atomic mass is 9.45. The summed E-state index contributed by atoms with van der Waals surface area (Å²) in [5.74, 6) is 3.74. The van der Waals surface area contributed by atoms with E-state index in [2.05, 4.69) is 19.9 Å². The van der Waals surface area contributed by atoms with E-state index in [0.717, 1.165) is 54.8 Å². The molecular weight excluding hydrogens is 296 g/mol. The number of Topliss-reactive ketones (excluding diaryl/α,β-unsaturated/α-hetero) is 1. The molecule has 0 unspecified atom stereocenters. The normalized spacial score (nSPS) is 50.3. The summed E-state index contributed by atoms with van der Waals surface area (Å²) in [5, 5.41) is 0. The highest BCUT2D eigenvalue weighted by Crippen LogP contribution is 2.67. The van der Waals surface area contributed by atoms with Crippen molar-refractivity contribution in [2.24, 2.45) is 40.4 Å². The number of ketones is 1. The topological polar surface area (TPSA) is 34.1 Å². The molecule has 0 aromatic carbocycles. The SMILES string of the molecule is CC(=O)[C@H]1CC[C@H]2[C@@H]3CC[C@@H]4CC=C(C=O)C[C@]4(C)[C@H]3CC[C@]12C. The molecular formula is C22H32O2. The first-order valence-electron chi connectivity index (χ1n) is 10.0. The molecule has 7 atom stereocenters. The zero-order chi connectivity index (χ0) is 17.1. The Morgan fingerprint density at radius 1 is 1.08 bits per heavy atom. The Balaban J connectivity index is 1.65. The van der Waals surface area contributed by atoms with Crippen LogP contribution in [0.4, 0.5) is 0 Å². The first-order valence-corrected chi connectivity index (χ1v) is 10.0. The van der Waals surface area contributed by atoms with Crippen LogP contribution in [-0.2, 0) is 9.59 Å². The summed E-state index contributed by atoms with van der Waals surface area (Å²) in [5.41, 5.74) is 1.59. The first-order chi connectivity index (χ1) is 11.4. The van der Waals surface area contributed by atoms with Crippen LogP contribution >= 0.6 is 0 Å². The summed E-state index contributed by atoms with van der Waals surface area (Å²) in [4.78, 5) is 23.6. The molecule has 0 bridgehead atoms. The van der Waals surface area contributed by atoms with E-state index >= 15 is 0 Å². The smallest absolute Gasteiger partial charge is 0.145 e. The number of rotatable bonds is 2. The van der Waals surface area contributed by atoms with E-state index in [4.69, 9.17) is 0 Å². The van der Waals surface area contributed by atoms with Gasteiger partial charge in [-0.3, -0.25) is 9.59 Å². The van der Waals surface area contributed by atoms with Crippen molar-refractivity contribution >= 4 is 12.1 Å². The Morgan fingerprint density at radius 2 is 1.83 bits per heavy atom. The summed E-state index contributed by atoms with van der Waals surface area (Å²) >= 11 is 0. The van der Waals surface area contributed by atoms with Gasteiger partial charge < -0.3 is 0 Å². The third-order valence-corrected chi connectivity index (χ3v) is 8.96. The van der Waals surface area contributed by atoms with E-state index < -0.39 is 0 Å². The molecule has 3 saturated carbocycles. The van der Waals surface area contributed by atoms with Crippen LogP contribution in [0.25, 0.3) is 0 Å². The molecule has 0 radical (unpaired) electrons. The lowest BCUT2D eigenvalue weighted by molar-refractivity contribution is -0.131. The standard InChI is InChI=1S/C22H32O2/c1-14(24)18-8-9-19-17-7-6-16-5-4-15(13-23)12-22(16,3)20(17)10-11-21(18,19)2/h4,13,16-20H,5-12H2,1-3H3/t16-,17-,18+,19-,20-,21+,22-/m0/s1. The van der Waals surface area contributed by atoms with E-state index in [0.29, 0.717) is 17.1 Å². The largest absolute Gasteiger partial charge is 0.300 e. The van der Waals surface area contributed by atoms with Crippen molar-refractivity contribution in [3.63, 3.8) is 0 Å². The van der Waals surface area contributed by atoms with Crippen molar-refractivity contribution < 1.29 is 9.59 Å². The molecule has 2 nitrogen and oxygen atoms in total. The second kappa shape index (κ2) is 5.54. The number of fused-ring (bicyclic) bond motifs is 5. The van der Waals surface area contributed by atoms with Crippen LogP contribution in [0.3, 0.4) is 0 Å².